The SMILES string of the molecule is CCN1C(=O)c2cccc3c(S(=O)(=O)NCCc4ccccc4)ccc1c23. The fourth-order valence-electron chi connectivity index (χ4n) is 3.62. The van der Waals surface area contributed by atoms with Crippen molar-refractivity contribution < 1.29 is 13.2 Å². The van der Waals surface area contributed by atoms with Crippen LogP contribution < -0.4 is 9.62 Å². The number of benzene rings is 3. The molecule has 0 aliphatic carbocycles. The normalized spacial score (nSPS) is 13.5. The van der Waals surface area contributed by atoms with E-state index in [2.05, 4.69) is 4.72 Å². The van der Waals surface area contributed by atoms with Crippen LogP contribution in [0.25, 0.3) is 10.8 Å². The summed E-state index contributed by atoms with van der Waals surface area (Å²) < 4.78 is 28.5. The zero-order valence-electron chi connectivity index (χ0n) is 15.0. The van der Waals surface area contributed by atoms with Crippen LogP contribution in [0.5, 0.6) is 0 Å². The Hall–Kier alpha value is -2.70. The molecule has 0 fully saturated rings. The third-order valence-corrected chi connectivity index (χ3v) is 6.42. The molecule has 0 saturated heterocycles. The Morgan fingerprint density at radius 2 is 1.74 bits per heavy atom. The van der Waals surface area contributed by atoms with E-state index < -0.39 is 10.0 Å². The summed E-state index contributed by atoms with van der Waals surface area (Å²) in [6.45, 7) is 2.77. The Labute approximate surface area is 158 Å². The first-order valence-corrected chi connectivity index (χ1v) is 10.4. The monoisotopic (exact) mass is 380 g/mol. The highest BCUT2D eigenvalue weighted by Crippen LogP contribution is 2.39. The highest BCUT2D eigenvalue weighted by Gasteiger charge is 2.31. The molecule has 1 amide bonds. The largest absolute Gasteiger partial charge is 0.308 e. The second kappa shape index (κ2) is 6.79. The second-order valence-electron chi connectivity index (χ2n) is 6.49. The molecule has 6 heteroatoms. The van der Waals surface area contributed by atoms with Gasteiger partial charge in [-0.05, 0) is 37.1 Å². The van der Waals surface area contributed by atoms with E-state index in [-0.39, 0.29) is 10.8 Å². The third-order valence-electron chi connectivity index (χ3n) is 4.90. The van der Waals surface area contributed by atoms with Crippen LogP contribution in [-0.2, 0) is 16.4 Å². The van der Waals surface area contributed by atoms with Crippen molar-refractivity contribution in [1.82, 2.24) is 4.72 Å². The predicted molar refractivity (Wildman–Crippen MR) is 107 cm³/mol. The molecule has 1 heterocycles. The van der Waals surface area contributed by atoms with Gasteiger partial charge >= 0.3 is 0 Å². The molecule has 1 aliphatic rings. The zero-order valence-corrected chi connectivity index (χ0v) is 15.8. The standard InChI is InChI=1S/C21H20N2O3S/c1-2-23-18-11-12-19(16-9-6-10-17(20(16)18)21(23)24)27(25,26)22-14-13-15-7-4-3-5-8-15/h3-12,22H,2,13-14H2,1H3. The first-order valence-electron chi connectivity index (χ1n) is 8.94. The van der Waals surface area contributed by atoms with Gasteiger partial charge in [-0.2, -0.15) is 0 Å². The van der Waals surface area contributed by atoms with E-state index in [0.29, 0.717) is 30.5 Å². The van der Waals surface area contributed by atoms with Gasteiger partial charge in [-0.15, -0.1) is 0 Å². The highest BCUT2D eigenvalue weighted by molar-refractivity contribution is 7.89. The van der Waals surface area contributed by atoms with E-state index in [1.807, 2.05) is 37.3 Å². The van der Waals surface area contributed by atoms with Gasteiger partial charge in [0.15, 0.2) is 0 Å². The smallest absolute Gasteiger partial charge is 0.258 e. The van der Waals surface area contributed by atoms with E-state index >= 15 is 0 Å². The maximum atomic E-state index is 12.9. The Bertz CT molecular complexity index is 1120. The van der Waals surface area contributed by atoms with Gasteiger partial charge in [0.05, 0.1) is 10.6 Å². The number of anilines is 1. The van der Waals surface area contributed by atoms with Crippen molar-refractivity contribution in [3.8, 4) is 0 Å². The minimum atomic E-state index is -3.68. The van der Waals surface area contributed by atoms with Gasteiger partial charge in [0.1, 0.15) is 0 Å². The number of hydrogen-bond donors (Lipinski definition) is 1. The minimum Gasteiger partial charge on any atom is -0.308 e. The fourth-order valence-corrected chi connectivity index (χ4v) is 4.85. The molecular weight excluding hydrogens is 360 g/mol. The molecule has 0 unspecified atom stereocenters. The van der Waals surface area contributed by atoms with Crippen LogP contribution in [0.1, 0.15) is 22.8 Å². The van der Waals surface area contributed by atoms with Crippen molar-refractivity contribution in [3.05, 3.63) is 71.8 Å². The van der Waals surface area contributed by atoms with E-state index in [0.717, 1.165) is 16.6 Å². The Morgan fingerprint density at radius 1 is 0.963 bits per heavy atom. The number of carbonyl (C=O) groups excluding carboxylic acids is 1. The van der Waals surface area contributed by atoms with Crippen LogP contribution in [-0.4, -0.2) is 27.4 Å². The number of nitrogens with one attached hydrogen (secondary N) is 1. The topological polar surface area (TPSA) is 66.5 Å². The zero-order chi connectivity index (χ0) is 19.0. The van der Waals surface area contributed by atoms with Crippen molar-refractivity contribution in [3.63, 3.8) is 0 Å². The average molecular weight is 380 g/mol. The lowest BCUT2D eigenvalue weighted by Crippen LogP contribution is -2.26. The molecule has 0 aromatic heterocycles. The molecule has 1 aliphatic heterocycles. The van der Waals surface area contributed by atoms with Crippen molar-refractivity contribution in [1.29, 1.82) is 0 Å². The average Bonchev–Trinajstić information content (AvgIpc) is 2.96. The molecule has 0 bridgehead atoms. The molecular formula is C21H20N2O3S. The van der Waals surface area contributed by atoms with E-state index in [1.54, 1.807) is 35.2 Å². The Morgan fingerprint density at radius 3 is 2.48 bits per heavy atom. The number of sulfonamides is 1. The molecule has 0 saturated carbocycles. The number of rotatable bonds is 6. The molecule has 0 atom stereocenters. The van der Waals surface area contributed by atoms with Gasteiger partial charge in [0.25, 0.3) is 5.91 Å². The van der Waals surface area contributed by atoms with Crippen molar-refractivity contribution in [2.45, 2.75) is 18.2 Å². The summed E-state index contributed by atoms with van der Waals surface area (Å²) in [7, 11) is -3.68. The highest BCUT2D eigenvalue weighted by atomic mass is 32.2. The van der Waals surface area contributed by atoms with E-state index in [9.17, 15) is 13.2 Å². The van der Waals surface area contributed by atoms with E-state index in [4.69, 9.17) is 0 Å². The molecule has 0 radical (unpaired) electrons. The first-order chi connectivity index (χ1) is 13.0. The Kier molecular flexibility index (Phi) is 4.45. The summed E-state index contributed by atoms with van der Waals surface area (Å²) in [6.07, 6.45) is 0.615. The van der Waals surface area contributed by atoms with Gasteiger partial charge in [-0.3, -0.25) is 4.79 Å². The van der Waals surface area contributed by atoms with E-state index in [1.165, 1.54) is 0 Å². The van der Waals surface area contributed by atoms with Crippen molar-refractivity contribution in [2.24, 2.45) is 0 Å². The van der Waals surface area contributed by atoms with Crippen LogP contribution in [0.3, 0.4) is 0 Å². The summed E-state index contributed by atoms with van der Waals surface area (Å²) >= 11 is 0. The summed E-state index contributed by atoms with van der Waals surface area (Å²) in [4.78, 5) is 14.4. The lowest BCUT2D eigenvalue weighted by atomic mass is 10.1. The minimum absolute atomic E-state index is 0.0790. The summed E-state index contributed by atoms with van der Waals surface area (Å²) in [5.41, 5.74) is 2.41. The molecule has 27 heavy (non-hydrogen) atoms. The molecule has 1 N–H and O–H groups in total. The summed E-state index contributed by atoms with van der Waals surface area (Å²) in [5, 5.41) is 1.30. The number of amides is 1. The predicted octanol–water partition coefficient (Wildman–Crippen LogP) is 3.34. The van der Waals surface area contributed by atoms with Crippen LogP contribution in [0.2, 0.25) is 0 Å². The molecule has 138 valence electrons. The lowest BCUT2D eigenvalue weighted by Gasteiger charge is -2.15. The lowest BCUT2D eigenvalue weighted by molar-refractivity contribution is 0.0994. The van der Waals surface area contributed by atoms with Crippen LogP contribution in [0, 0.1) is 0 Å². The van der Waals surface area contributed by atoms with Gasteiger partial charge in [-0.1, -0.05) is 42.5 Å². The fraction of sp³-hybridized carbons (Fsp3) is 0.190. The van der Waals surface area contributed by atoms with Crippen LogP contribution in [0.4, 0.5) is 5.69 Å². The molecule has 4 rings (SSSR count). The number of hydrogen-bond acceptors (Lipinski definition) is 3. The number of nitrogens with zero attached hydrogens (tertiary/aromatic N) is 1. The van der Waals surface area contributed by atoms with Crippen molar-refractivity contribution in [2.75, 3.05) is 18.0 Å². The molecule has 3 aromatic rings. The van der Waals surface area contributed by atoms with Crippen LogP contribution >= 0.6 is 0 Å². The third kappa shape index (κ3) is 3.01. The molecule has 3 aromatic carbocycles. The van der Waals surface area contributed by atoms with Gasteiger partial charge in [0.2, 0.25) is 10.0 Å². The quantitative estimate of drug-likeness (QED) is 0.713. The Balaban J connectivity index is 1.68. The van der Waals surface area contributed by atoms with Gasteiger partial charge < -0.3 is 4.90 Å². The molecule has 0 spiro atoms. The summed E-state index contributed by atoms with van der Waals surface area (Å²) in [5.74, 6) is -0.0790. The number of carbonyl (C=O) groups is 1. The first kappa shape index (κ1) is 17.7. The van der Waals surface area contributed by atoms with Gasteiger partial charge in [0, 0.05) is 29.4 Å². The van der Waals surface area contributed by atoms with Crippen LogP contribution in [0.15, 0.2) is 65.6 Å². The molecule has 5 nitrogen and oxygen atoms in total. The summed E-state index contributed by atoms with van der Waals surface area (Å²) in [6, 6.07) is 18.3. The van der Waals surface area contributed by atoms with Gasteiger partial charge in [-0.25, -0.2) is 13.1 Å². The van der Waals surface area contributed by atoms with Crippen molar-refractivity contribution >= 4 is 32.4 Å². The maximum absolute atomic E-state index is 12.9. The maximum Gasteiger partial charge on any atom is 0.258 e. The second-order valence-corrected chi connectivity index (χ2v) is 8.23.